The summed E-state index contributed by atoms with van der Waals surface area (Å²) < 4.78 is 10.8. The van der Waals surface area contributed by atoms with Crippen LogP contribution in [0.2, 0.25) is 5.02 Å². The second-order valence-electron chi connectivity index (χ2n) is 6.06. The van der Waals surface area contributed by atoms with Crippen molar-refractivity contribution in [1.29, 1.82) is 0 Å². The van der Waals surface area contributed by atoms with E-state index in [-0.39, 0.29) is 6.61 Å². The van der Waals surface area contributed by atoms with Crippen LogP contribution in [0.5, 0.6) is 0 Å². The summed E-state index contributed by atoms with van der Waals surface area (Å²) in [6, 6.07) is 5.12. The van der Waals surface area contributed by atoms with Gasteiger partial charge in [-0.25, -0.2) is 4.79 Å². The number of carbonyl (C=O) groups excluding carboxylic acids is 2. The standard InChI is InChI=1S/C18H22Cl2O4/c1-3-23-17(22)18(9-5-4-6-10-18)24-16(21)15(20)14-8-7-13(19)11-12(14)2/h7-8,11,15H,3-6,9-10H2,1-2H3. The zero-order valence-corrected chi connectivity index (χ0v) is 15.5. The molecule has 0 saturated heterocycles. The van der Waals surface area contributed by atoms with Crippen LogP contribution in [0.4, 0.5) is 0 Å². The summed E-state index contributed by atoms with van der Waals surface area (Å²) in [5.41, 5.74) is 0.216. The summed E-state index contributed by atoms with van der Waals surface area (Å²) in [5.74, 6) is -1.10. The normalized spacial score (nSPS) is 17.8. The predicted molar refractivity (Wildman–Crippen MR) is 93.3 cm³/mol. The van der Waals surface area contributed by atoms with Crippen LogP contribution < -0.4 is 0 Å². The highest BCUT2D eigenvalue weighted by atomic mass is 35.5. The van der Waals surface area contributed by atoms with Crippen molar-refractivity contribution < 1.29 is 19.1 Å². The van der Waals surface area contributed by atoms with Gasteiger partial charge in [0.15, 0.2) is 5.38 Å². The topological polar surface area (TPSA) is 52.6 Å². The Morgan fingerprint density at radius 1 is 1.25 bits per heavy atom. The number of carbonyl (C=O) groups is 2. The zero-order valence-electron chi connectivity index (χ0n) is 13.9. The van der Waals surface area contributed by atoms with E-state index in [1.807, 2.05) is 6.92 Å². The summed E-state index contributed by atoms with van der Waals surface area (Å²) in [7, 11) is 0. The fraction of sp³-hybridized carbons (Fsp3) is 0.556. The van der Waals surface area contributed by atoms with E-state index >= 15 is 0 Å². The minimum absolute atomic E-state index is 0.249. The third-order valence-electron chi connectivity index (χ3n) is 4.32. The van der Waals surface area contributed by atoms with Crippen LogP contribution in [0.1, 0.15) is 55.5 Å². The Labute approximate surface area is 152 Å². The molecule has 0 spiro atoms. The fourth-order valence-electron chi connectivity index (χ4n) is 3.03. The van der Waals surface area contributed by atoms with Crippen LogP contribution in [0.3, 0.4) is 0 Å². The maximum absolute atomic E-state index is 12.6. The first-order valence-electron chi connectivity index (χ1n) is 8.20. The summed E-state index contributed by atoms with van der Waals surface area (Å²) in [6.07, 6.45) is 3.60. The highest BCUT2D eigenvalue weighted by Gasteiger charge is 2.45. The second kappa shape index (κ2) is 8.21. The lowest BCUT2D eigenvalue weighted by molar-refractivity contribution is -0.186. The molecule has 1 unspecified atom stereocenters. The highest BCUT2D eigenvalue weighted by molar-refractivity contribution is 6.31. The lowest BCUT2D eigenvalue weighted by Gasteiger charge is -2.34. The van der Waals surface area contributed by atoms with Crippen LogP contribution in [-0.2, 0) is 19.1 Å². The Kier molecular flexibility index (Phi) is 6.53. The highest BCUT2D eigenvalue weighted by Crippen LogP contribution is 2.36. The number of benzene rings is 1. The molecule has 0 bridgehead atoms. The Bertz CT molecular complexity index is 609. The molecule has 1 aliphatic rings. The number of rotatable bonds is 5. The summed E-state index contributed by atoms with van der Waals surface area (Å²) in [5, 5.41) is -0.417. The van der Waals surface area contributed by atoms with Gasteiger partial charge < -0.3 is 9.47 Å². The van der Waals surface area contributed by atoms with E-state index in [1.54, 1.807) is 25.1 Å². The molecule has 1 saturated carbocycles. The Morgan fingerprint density at radius 2 is 1.92 bits per heavy atom. The molecule has 4 nitrogen and oxygen atoms in total. The number of esters is 2. The van der Waals surface area contributed by atoms with Crippen LogP contribution in [-0.4, -0.2) is 24.1 Å². The van der Waals surface area contributed by atoms with Gasteiger partial charge in [0.1, 0.15) is 0 Å². The van der Waals surface area contributed by atoms with Gasteiger partial charge in [0.2, 0.25) is 5.60 Å². The van der Waals surface area contributed by atoms with E-state index in [4.69, 9.17) is 32.7 Å². The van der Waals surface area contributed by atoms with E-state index in [2.05, 4.69) is 0 Å². The molecule has 0 heterocycles. The van der Waals surface area contributed by atoms with Gasteiger partial charge in [0.05, 0.1) is 6.61 Å². The maximum atomic E-state index is 12.6. The van der Waals surface area contributed by atoms with Crippen molar-refractivity contribution in [3.8, 4) is 0 Å². The lowest BCUT2D eigenvalue weighted by Crippen LogP contribution is -2.46. The molecule has 0 aromatic heterocycles. The molecule has 1 aromatic carbocycles. The quantitative estimate of drug-likeness (QED) is 0.553. The van der Waals surface area contributed by atoms with E-state index in [0.29, 0.717) is 23.4 Å². The first-order valence-corrected chi connectivity index (χ1v) is 9.01. The van der Waals surface area contributed by atoms with Gasteiger partial charge in [0, 0.05) is 5.02 Å². The van der Waals surface area contributed by atoms with Crippen molar-refractivity contribution in [1.82, 2.24) is 0 Å². The largest absolute Gasteiger partial charge is 0.463 e. The third kappa shape index (κ3) is 4.22. The van der Waals surface area contributed by atoms with Crippen molar-refractivity contribution in [2.45, 2.75) is 56.9 Å². The molecular weight excluding hydrogens is 351 g/mol. The maximum Gasteiger partial charge on any atom is 0.350 e. The Hall–Kier alpha value is -1.26. The van der Waals surface area contributed by atoms with Crippen molar-refractivity contribution >= 4 is 35.1 Å². The molecule has 1 fully saturated rings. The Morgan fingerprint density at radius 3 is 2.50 bits per heavy atom. The van der Waals surface area contributed by atoms with Gasteiger partial charge in [-0.15, -0.1) is 11.6 Å². The number of aryl methyl sites for hydroxylation is 1. The minimum atomic E-state index is -1.21. The molecule has 1 atom stereocenters. The number of hydrogen-bond donors (Lipinski definition) is 0. The van der Waals surface area contributed by atoms with Crippen LogP contribution >= 0.6 is 23.2 Å². The van der Waals surface area contributed by atoms with Crippen LogP contribution in [0.25, 0.3) is 0 Å². The van der Waals surface area contributed by atoms with E-state index < -0.39 is 22.9 Å². The number of halogens is 2. The monoisotopic (exact) mass is 372 g/mol. The van der Waals surface area contributed by atoms with Gasteiger partial charge in [0.25, 0.3) is 0 Å². The van der Waals surface area contributed by atoms with Crippen LogP contribution in [0.15, 0.2) is 18.2 Å². The van der Waals surface area contributed by atoms with Crippen molar-refractivity contribution in [3.05, 3.63) is 34.3 Å². The molecule has 6 heteroatoms. The number of ether oxygens (including phenoxy) is 2. The van der Waals surface area contributed by atoms with Crippen molar-refractivity contribution in [3.63, 3.8) is 0 Å². The second-order valence-corrected chi connectivity index (χ2v) is 6.93. The molecule has 0 N–H and O–H groups in total. The number of hydrogen-bond acceptors (Lipinski definition) is 4. The summed E-state index contributed by atoms with van der Waals surface area (Å²) in [6.45, 7) is 3.81. The molecule has 0 radical (unpaired) electrons. The van der Waals surface area contributed by atoms with E-state index in [9.17, 15) is 9.59 Å². The molecule has 2 rings (SSSR count). The SMILES string of the molecule is CCOC(=O)C1(OC(=O)C(Cl)c2ccc(Cl)cc2C)CCCCC1. The van der Waals surface area contributed by atoms with E-state index in [1.165, 1.54) is 0 Å². The molecule has 0 amide bonds. The minimum Gasteiger partial charge on any atom is -0.463 e. The molecule has 1 aromatic rings. The van der Waals surface area contributed by atoms with Gasteiger partial charge in [-0.3, -0.25) is 4.79 Å². The van der Waals surface area contributed by atoms with E-state index in [0.717, 1.165) is 24.8 Å². The van der Waals surface area contributed by atoms with Gasteiger partial charge in [-0.2, -0.15) is 0 Å². The average molecular weight is 373 g/mol. The third-order valence-corrected chi connectivity index (χ3v) is 4.96. The van der Waals surface area contributed by atoms with Crippen molar-refractivity contribution in [2.24, 2.45) is 0 Å². The first-order chi connectivity index (χ1) is 11.4. The zero-order chi connectivity index (χ0) is 17.7. The van der Waals surface area contributed by atoms with Gasteiger partial charge in [-0.05, 0) is 62.8 Å². The first kappa shape index (κ1) is 19.1. The van der Waals surface area contributed by atoms with Gasteiger partial charge in [-0.1, -0.05) is 24.1 Å². The smallest absolute Gasteiger partial charge is 0.350 e. The summed E-state index contributed by atoms with van der Waals surface area (Å²) in [4.78, 5) is 24.9. The predicted octanol–water partition coefficient (Wildman–Crippen LogP) is 4.74. The molecule has 0 aliphatic heterocycles. The molecular formula is C18H22Cl2O4. The van der Waals surface area contributed by atoms with Gasteiger partial charge >= 0.3 is 11.9 Å². The average Bonchev–Trinajstić information content (AvgIpc) is 2.55. The molecule has 24 heavy (non-hydrogen) atoms. The molecule has 1 aliphatic carbocycles. The summed E-state index contributed by atoms with van der Waals surface area (Å²) >= 11 is 12.2. The van der Waals surface area contributed by atoms with Crippen LogP contribution in [0, 0.1) is 6.92 Å². The fourth-order valence-corrected chi connectivity index (χ4v) is 3.54. The Balaban J connectivity index is 2.19. The van der Waals surface area contributed by atoms with Crippen molar-refractivity contribution in [2.75, 3.05) is 6.61 Å². The number of alkyl halides is 1. The lowest BCUT2D eigenvalue weighted by atomic mass is 9.84. The molecule has 132 valence electrons.